The van der Waals surface area contributed by atoms with E-state index >= 15 is 0 Å². The van der Waals surface area contributed by atoms with E-state index in [9.17, 15) is 4.39 Å². The normalized spacial score (nSPS) is 18.5. The van der Waals surface area contributed by atoms with Crippen molar-refractivity contribution >= 4 is 16.9 Å². The van der Waals surface area contributed by atoms with Gasteiger partial charge in [0.05, 0.1) is 0 Å². The number of hydrogen-bond donors (Lipinski definition) is 3. The molecule has 1 aromatic carbocycles. The van der Waals surface area contributed by atoms with Crippen molar-refractivity contribution in [3.63, 3.8) is 0 Å². The number of guanidine groups is 1. The summed E-state index contributed by atoms with van der Waals surface area (Å²) in [5, 5.41) is 7.86. The van der Waals surface area contributed by atoms with Gasteiger partial charge in [-0.1, -0.05) is 6.42 Å². The Hall–Kier alpha value is -2.08. The molecule has 0 radical (unpaired) electrons. The first-order valence-corrected chi connectivity index (χ1v) is 10.6. The molecule has 0 aliphatic carbocycles. The number of aromatic amines is 1. The fourth-order valence-corrected chi connectivity index (χ4v) is 4.04. The molecule has 1 unspecified atom stereocenters. The highest BCUT2D eigenvalue weighted by Gasteiger charge is 2.16. The number of benzene rings is 1. The highest BCUT2D eigenvalue weighted by atomic mass is 19.1. The number of unbranched alkanes of at least 4 members (excludes halogenated alkanes) is 1. The zero-order chi connectivity index (χ0) is 19.8. The van der Waals surface area contributed by atoms with Crippen LogP contribution >= 0.6 is 0 Å². The van der Waals surface area contributed by atoms with Gasteiger partial charge < -0.3 is 20.5 Å². The fraction of sp³-hybridized carbons (Fsp3) is 0.591. The van der Waals surface area contributed by atoms with Crippen LogP contribution in [-0.2, 0) is 6.42 Å². The monoisotopic (exact) mass is 387 g/mol. The van der Waals surface area contributed by atoms with Crippen LogP contribution in [0.4, 0.5) is 4.39 Å². The third kappa shape index (κ3) is 5.71. The second kappa shape index (κ2) is 10.5. The van der Waals surface area contributed by atoms with E-state index in [2.05, 4.69) is 32.4 Å². The third-order valence-corrected chi connectivity index (χ3v) is 5.74. The van der Waals surface area contributed by atoms with E-state index in [0.29, 0.717) is 0 Å². The molecule has 5 nitrogen and oxygen atoms in total. The number of nitrogens with one attached hydrogen (secondary N) is 3. The molecule has 2 heterocycles. The molecule has 0 amide bonds. The first-order valence-electron chi connectivity index (χ1n) is 10.6. The van der Waals surface area contributed by atoms with E-state index in [-0.39, 0.29) is 5.82 Å². The van der Waals surface area contributed by atoms with Crippen LogP contribution in [0.3, 0.4) is 0 Å². The van der Waals surface area contributed by atoms with Gasteiger partial charge in [0.2, 0.25) is 0 Å². The van der Waals surface area contributed by atoms with Crippen LogP contribution in [0.15, 0.2) is 29.4 Å². The topological polar surface area (TPSA) is 55.5 Å². The number of hydrogen-bond acceptors (Lipinski definition) is 2. The predicted octanol–water partition coefficient (Wildman–Crippen LogP) is 3.67. The molecular formula is C22H34FN5. The number of rotatable bonds is 8. The quantitative estimate of drug-likeness (QED) is 0.368. The van der Waals surface area contributed by atoms with Gasteiger partial charge in [0.25, 0.3) is 0 Å². The molecule has 1 aliphatic heterocycles. The summed E-state index contributed by atoms with van der Waals surface area (Å²) in [6.45, 7) is 6.55. The Morgan fingerprint density at radius 1 is 1.25 bits per heavy atom. The summed E-state index contributed by atoms with van der Waals surface area (Å²) in [5.41, 5.74) is 2.04. The lowest BCUT2D eigenvalue weighted by atomic mass is 10.0. The summed E-state index contributed by atoms with van der Waals surface area (Å²) in [6.07, 6.45) is 9.28. The van der Waals surface area contributed by atoms with Crippen LogP contribution in [0.5, 0.6) is 0 Å². The van der Waals surface area contributed by atoms with Gasteiger partial charge in [0.1, 0.15) is 5.82 Å². The molecule has 1 fully saturated rings. The molecule has 2 aromatic rings. The van der Waals surface area contributed by atoms with Gasteiger partial charge in [-0.05, 0) is 75.9 Å². The number of aromatic nitrogens is 1. The standard InChI is InChI=1S/C22H34FN5/c1-17-7-3-5-13-28(17)14-6-4-11-25-22(24-2)26-12-10-18-16-27-21-15-19(23)8-9-20(18)21/h8-9,15-17,27H,3-7,10-14H2,1-2H3,(H2,24,25,26). The summed E-state index contributed by atoms with van der Waals surface area (Å²) >= 11 is 0. The number of aliphatic imine (C=N–C) groups is 1. The van der Waals surface area contributed by atoms with Gasteiger partial charge in [0.15, 0.2) is 5.96 Å². The SMILES string of the molecule is CN=C(NCCCCN1CCCCC1C)NCCc1c[nH]c2cc(F)ccc12. The van der Waals surface area contributed by atoms with Crippen LogP contribution in [0, 0.1) is 5.82 Å². The second-order valence-corrected chi connectivity index (χ2v) is 7.77. The largest absolute Gasteiger partial charge is 0.361 e. The summed E-state index contributed by atoms with van der Waals surface area (Å²) in [5.74, 6) is 0.635. The van der Waals surface area contributed by atoms with Crippen molar-refractivity contribution in [2.24, 2.45) is 4.99 Å². The minimum Gasteiger partial charge on any atom is -0.361 e. The first kappa shape index (κ1) is 20.6. The minimum absolute atomic E-state index is 0.210. The lowest BCUT2D eigenvalue weighted by molar-refractivity contribution is 0.158. The molecule has 0 bridgehead atoms. The lowest BCUT2D eigenvalue weighted by Crippen LogP contribution is -2.40. The Kier molecular flexibility index (Phi) is 7.71. The maximum absolute atomic E-state index is 13.3. The number of fused-ring (bicyclic) bond motifs is 1. The van der Waals surface area contributed by atoms with Gasteiger partial charge >= 0.3 is 0 Å². The molecule has 0 spiro atoms. The van der Waals surface area contributed by atoms with E-state index in [1.807, 2.05) is 12.3 Å². The number of nitrogens with zero attached hydrogens (tertiary/aromatic N) is 2. The van der Waals surface area contributed by atoms with Gasteiger partial charge in [-0.2, -0.15) is 0 Å². The third-order valence-electron chi connectivity index (χ3n) is 5.74. The van der Waals surface area contributed by atoms with Crippen molar-refractivity contribution in [2.45, 2.75) is 51.5 Å². The number of H-pyrrole nitrogens is 1. The average molecular weight is 388 g/mol. The van der Waals surface area contributed by atoms with Gasteiger partial charge in [-0.25, -0.2) is 4.39 Å². The highest BCUT2D eigenvalue weighted by molar-refractivity contribution is 5.83. The summed E-state index contributed by atoms with van der Waals surface area (Å²) in [6, 6.07) is 5.64. The zero-order valence-electron chi connectivity index (χ0n) is 17.2. The molecule has 1 atom stereocenters. The van der Waals surface area contributed by atoms with Crippen LogP contribution in [-0.4, -0.2) is 55.1 Å². The minimum atomic E-state index is -0.210. The predicted molar refractivity (Wildman–Crippen MR) is 115 cm³/mol. The molecule has 0 saturated carbocycles. The Morgan fingerprint density at radius 2 is 2.11 bits per heavy atom. The Bertz CT molecular complexity index is 769. The van der Waals surface area contributed by atoms with Crippen molar-refractivity contribution < 1.29 is 4.39 Å². The average Bonchev–Trinajstić information content (AvgIpc) is 3.09. The maximum Gasteiger partial charge on any atom is 0.190 e. The van der Waals surface area contributed by atoms with Crippen molar-refractivity contribution in [2.75, 3.05) is 33.2 Å². The Morgan fingerprint density at radius 3 is 2.93 bits per heavy atom. The fourth-order valence-electron chi connectivity index (χ4n) is 4.04. The van der Waals surface area contributed by atoms with Gasteiger partial charge in [-0.15, -0.1) is 0 Å². The summed E-state index contributed by atoms with van der Waals surface area (Å²) < 4.78 is 13.3. The molecule has 1 aromatic heterocycles. The van der Waals surface area contributed by atoms with E-state index in [1.54, 1.807) is 7.05 Å². The van der Waals surface area contributed by atoms with Crippen LogP contribution in [0.1, 0.15) is 44.6 Å². The molecule has 154 valence electrons. The second-order valence-electron chi connectivity index (χ2n) is 7.77. The molecule has 1 saturated heterocycles. The molecule has 3 rings (SSSR count). The maximum atomic E-state index is 13.3. The van der Waals surface area contributed by atoms with Crippen molar-refractivity contribution in [1.29, 1.82) is 0 Å². The molecular weight excluding hydrogens is 353 g/mol. The molecule has 3 N–H and O–H groups in total. The van der Waals surface area contributed by atoms with E-state index in [1.165, 1.54) is 56.5 Å². The van der Waals surface area contributed by atoms with E-state index in [0.717, 1.165) is 48.8 Å². The van der Waals surface area contributed by atoms with Gasteiger partial charge in [-0.3, -0.25) is 4.99 Å². The van der Waals surface area contributed by atoms with Gasteiger partial charge in [0, 0.05) is 43.3 Å². The highest BCUT2D eigenvalue weighted by Crippen LogP contribution is 2.19. The van der Waals surface area contributed by atoms with Crippen molar-refractivity contribution in [3.8, 4) is 0 Å². The van der Waals surface area contributed by atoms with Crippen LogP contribution < -0.4 is 10.6 Å². The Labute approximate surface area is 167 Å². The molecule has 6 heteroatoms. The summed E-state index contributed by atoms with van der Waals surface area (Å²) in [7, 11) is 1.80. The van der Waals surface area contributed by atoms with Crippen molar-refractivity contribution in [3.05, 3.63) is 35.8 Å². The first-order chi connectivity index (χ1) is 13.7. The van der Waals surface area contributed by atoms with Crippen LogP contribution in [0.25, 0.3) is 10.9 Å². The smallest absolute Gasteiger partial charge is 0.190 e. The number of piperidine rings is 1. The zero-order valence-corrected chi connectivity index (χ0v) is 17.2. The Balaban J connectivity index is 1.33. The van der Waals surface area contributed by atoms with E-state index < -0.39 is 0 Å². The number of likely N-dealkylation sites (tertiary alicyclic amines) is 1. The lowest BCUT2D eigenvalue weighted by Gasteiger charge is -2.33. The molecule has 28 heavy (non-hydrogen) atoms. The molecule has 1 aliphatic rings. The van der Waals surface area contributed by atoms with E-state index in [4.69, 9.17) is 0 Å². The van der Waals surface area contributed by atoms with Crippen LogP contribution in [0.2, 0.25) is 0 Å². The summed E-state index contributed by atoms with van der Waals surface area (Å²) in [4.78, 5) is 10.1. The van der Waals surface area contributed by atoms with Crippen molar-refractivity contribution in [1.82, 2.24) is 20.5 Å². The number of halogens is 1.